The molecule has 0 spiro atoms. The van der Waals surface area contributed by atoms with Crippen LogP contribution in [0.3, 0.4) is 0 Å². The van der Waals surface area contributed by atoms with Gasteiger partial charge in [0.05, 0.1) is 11.0 Å². The Morgan fingerprint density at radius 1 is 1.21 bits per heavy atom. The Balaban J connectivity index is 0.00000225. The summed E-state index contributed by atoms with van der Waals surface area (Å²) in [5, 5.41) is 0. The number of fused-ring (bicyclic) bond motifs is 2. The number of aromatic amines is 1. The number of amides is 1. The van der Waals surface area contributed by atoms with Crippen LogP contribution >= 0.6 is 12.4 Å². The van der Waals surface area contributed by atoms with Crippen LogP contribution in [0.1, 0.15) is 29.3 Å². The quantitative estimate of drug-likeness (QED) is 0.509. The molecule has 0 saturated heterocycles. The monoisotopic (exact) mass is 400 g/mol. The van der Waals surface area contributed by atoms with E-state index in [1.807, 2.05) is 18.2 Å². The van der Waals surface area contributed by atoms with E-state index in [2.05, 4.69) is 4.98 Å². The van der Waals surface area contributed by atoms with Crippen LogP contribution in [0.2, 0.25) is 0 Å². The van der Waals surface area contributed by atoms with E-state index >= 15 is 0 Å². The fourth-order valence-corrected chi connectivity index (χ4v) is 3.74. The third-order valence-corrected chi connectivity index (χ3v) is 5.07. The van der Waals surface area contributed by atoms with Gasteiger partial charge in [-0.15, -0.1) is 12.4 Å². The van der Waals surface area contributed by atoms with Gasteiger partial charge >= 0.3 is 11.1 Å². The molecule has 0 unspecified atom stereocenters. The van der Waals surface area contributed by atoms with Crippen molar-refractivity contribution >= 4 is 40.7 Å². The molecule has 0 fully saturated rings. The van der Waals surface area contributed by atoms with Crippen molar-refractivity contribution in [1.82, 2.24) is 9.55 Å². The molecule has 7 nitrogen and oxygen atoms in total. The summed E-state index contributed by atoms with van der Waals surface area (Å²) in [5.41, 5.74) is 8.83. The Hall–Kier alpha value is -3.06. The normalized spacial score (nSPS) is 13.1. The number of anilines is 2. The highest BCUT2D eigenvalue weighted by Crippen LogP contribution is 2.32. The molecule has 4 rings (SSSR count). The van der Waals surface area contributed by atoms with Crippen molar-refractivity contribution in [1.29, 1.82) is 0 Å². The van der Waals surface area contributed by atoms with Gasteiger partial charge in [0.15, 0.2) is 0 Å². The molecule has 0 aliphatic carbocycles. The van der Waals surface area contributed by atoms with Gasteiger partial charge in [-0.3, -0.25) is 14.4 Å². The number of nitrogens with two attached hydrogens (primary N) is 1. The van der Waals surface area contributed by atoms with Gasteiger partial charge < -0.3 is 20.2 Å². The number of nitrogens with one attached hydrogen (secondary N) is 1. The first-order chi connectivity index (χ1) is 13.0. The second-order valence-corrected chi connectivity index (χ2v) is 6.64. The first-order valence-corrected chi connectivity index (χ1v) is 8.97. The number of hydrogen-bond donors (Lipinski definition) is 2. The van der Waals surface area contributed by atoms with E-state index in [1.165, 1.54) is 4.57 Å². The van der Waals surface area contributed by atoms with E-state index in [9.17, 15) is 14.4 Å². The maximum Gasteiger partial charge on any atom is 0.316 e. The van der Waals surface area contributed by atoms with Gasteiger partial charge in [0.2, 0.25) is 0 Å². The summed E-state index contributed by atoms with van der Waals surface area (Å²) in [6.07, 6.45) is 1.69. The van der Waals surface area contributed by atoms with Gasteiger partial charge in [0.25, 0.3) is 5.91 Å². The molecular formula is C20H21ClN4O3. The van der Waals surface area contributed by atoms with Crippen LogP contribution in [0.4, 0.5) is 11.4 Å². The molecule has 1 aliphatic rings. The fourth-order valence-electron chi connectivity index (χ4n) is 3.74. The van der Waals surface area contributed by atoms with Crippen LogP contribution in [-0.4, -0.2) is 22.0 Å². The van der Waals surface area contributed by atoms with E-state index in [0.717, 1.165) is 24.1 Å². The number of benzene rings is 2. The minimum Gasteiger partial charge on any atom is -0.398 e. The average molecular weight is 401 g/mol. The predicted molar refractivity (Wildman–Crippen MR) is 113 cm³/mol. The maximum absolute atomic E-state index is 13.1. The summed E-state index contributed by atoms with van der Waals surface area (Å²) in [5.74, 6) is -0.154. The van der Waals surface area contributed by atoms with Gasteiger partial charge in [-0.1, -0.05) is 6.07 Å². The Labute approximate surface area is 167 Å². The lowest BCUT2D eigenvalue weighted by molar-refractivity contribution is 0.0985. The Morgan fingerprint density at radius 3 is 2.75 bits per heavy atom. The number of hydrogen-bond acceptors (Lipinski definition) is 4. The molecule has 3 N–H and O–H groups in total. The first-order valence-electron chi connectivity index (χ1n) is 8.97. The standard InChI is InChI=1S/C20H20N4O3.ClH/c1-2-23-17-9-8-12(11-15(17)22-18(25)20(23)27)19(26)24-10-4-5-13-14(21)6-3-7-16(13)24;/h3,6-9,11H,2,4-5,10,21H2,1H3,(H,22,25);1H. The van der Waals surface area contributed by atoms with E-state index in [-0.39, 0.29) is 18.3 Å². The highest BCUT2D eigenvalue weighted by molar-refractivity contribution is 6.08. The first kappa shape index (κ1) is 19.7. The van der Waals surface area contributed by atoms with Gasteiger partial charge in [0.1, 0.15) is 0 Å². The van der Waals surface area contributed by atoms with Crippen molar-refractivity contribution in [3.05, 3.63) is 68.2 Å². The predicted octanol–water partition coefficient (Wildman–Crippen LogP) is 2.31. The van der Waals surface area contributed by atoms with E-state index in [1.54, 1.807) is 30.0 Å². The van der Waals surface area contributed by atoms with Gasteiger partial charge in [-0.05, 0) is 55.7 Å². The molecule has 146 valence electrons. The number of nitrogens with zero attached hydrogens (tertiary/aromatic N) is 2. The molecule has 0 saturated carbocycles. The summed E-state index contributed by atoms with van der Waals surface area (Å²) in [6.45, 7) is 2.79. The number of carbonyl (C=O) groups excluding carboxylic acids is 1. The summed E-state index contributed by atoms with van der Waals surface area (Å²) in [6, 6.07) is 10.6. The molecule has 1 aliphatic heterocycles. The van der Waals surface area contributed by atoms with Crippen LogP contribution in [0.15, 0.2) is 46.0 Å². The zero-order chi connectivity index (χ0) is 19.1. The SMILES string of the molecule is CCn1c(=O)c(=O)[nH]c2cc(C(=O)N3CCCc4c(N)cccc43)ccc21.Cl. The molecule has 0 atom stereocenters. The maximum atomic E-state index is 13.1. The molecule has 28 heavy (non-hydrogen) atoms. The number of rotatable bonds is 2. The van der Waals surface area contributed by atoms with E-state index < -0.39 is 11.1 Å². The number of halogens is 1. The molecule has 1 aromatic heterocycles. The van der Waals surface area contributed by atoms with Crippen LogP contribution < -0.4 is 21.8 Å². The third-order valence-electron chi connectivity index (χ3n) is 5.07. The molecule has 2 heterocycles. The number of nitrogen functional groups attached to an aromatic ring is 1. The lowest BCUT2D eigenvalue weighted by Gasteiger charge is -2.30. The fraction of sp³-hybridized carbons (Fsp3) is 0.250. The van der Waals surface area contributed by atoms with Crippen molar-refractivity contribution in [3.63, 3.8) is 0 Å². The highest BCUT2D eigenvalue weighted by atomic mass is 35.5. The van der Waals surface area contributed by atoms with Crippen LogP contribution in [0.25, 0.3) is 11.0 Å². The summed E-state index contributed by atoms with van der Waals surface area (Å²) < 4.78 is 1.40. The van der Waals surface area contributed by atoms with Crippen LogP contribution in [0.5, 0.6) is 0 Å². The lowest BCUT2D eigenvalue weighted by atomic mass is 9.99. The van der Waals surface area contributed by atoms with Gasteiger partial charge in [-0.25, -0.2) is 0 Å². The van der Waals surface area contributed by atoms with E-state index in [4.69, 9.17) is 5.73 Å². The Morgan fingerprint density at radius 2 is 2.00 bits per heavy atom. The largest absolute Gasteiger partial charge is 0.398 e. The molecule has 0 radical (unpaired) electrons. The van der Waals surface area contributed by atoms with Crippen molar-refractivity contribution in [3.8, 4) is 0 Å². The van der Waals surface area contributed by atoms with E-state index in [0.29, 0.717) is 35.4 Å². The molecule has 1 amide bonds. The lowest BCUT2D eigenvalue weighted by Crippen LogP contribution is -2.37. The third kappa shape index (κ3) is 3.07. The Kier molecular flexibility index (Phi) is 5.29. The second kappa shape index (κ2) is 7.52. The summed E-state index contributed by atoms with van der Waals surface area (Å²) >= 11 is 0. The van der Waals surface area contributed by atoms with Crippen molar-refractivity contribution in [2.75, 3.05) is 17.2 Å². The number of carbonyl (C=O) groups is 1. The van der Waals surface area contributed by atoms with Crippen molar-refractivity contribution in [2.45, 2.75) is 26.3 Å². The second-order valence-electron chi connectivity index (χ2n) is 6.64. The molecular weight excluding hydrogens is 380 g/mol. The molecule has 8 heteroatoms. The minimum absolute atomic E-state index is 0. The average Bonchev–Trinajstić information content (AvgIpc) is 2.68. The topological polar surface area (TPSA) is 101 Å². The number of H-pyrrole nitrogens is 1. The number of aryl methyl sites for hydroxylation is 1. The van der Waals surface area contributed by atoms with Gasteiger partial charge in [-0.2, -0.15) is 0 Å². The highest BCUT2D eigenvalue weighted by Gasteiger charge is 2.25. The zero-order valence-electron chi connectivity index (χ0n) is 15.4. The number of aromatic nitrogens is 2. The smallest absolute Gasteiger partial charge is 0.316 e. The molecule has 3 aromatic rings. The minimum atomic E-state index is -0.690. The van der Waals surface area contributed by atoms with Crippen LogP contribution in [0, 0.1) is 0 Å². The van der Waals surface area contributed by atoms with Crippen molar-refractivity contribution in [2.24, 2.45) is 0 Å². The van der Waals surface area contributed by atoms with Crippen LogP contribution in [-0.2, 0) is 13.0 Å². The van der Waals surface area contributed by atoms with Gasteiger partial charge in [0, 0.05) is 30.0 Å². The summed E-state index contributed by atoms with van der Waals surface area (Å²) in [7, 11) is 0. The zero-order valence-corrected chi connectivity index (χ0v) is 16.2. The molecule has 0 bridgehead atoms. The summed E-state index contributed by atoms with van der Waals surface area (Å²) in [4.78, 5) is 41.3. The Bertz CT molecular complexity index is 1180. The van der Waals surface area contributed by atoms with Crippen molar-refractivity contribution < 1.29 is 4.79 Å². The molecule has 2 aromatic carbocycles.